The summed E-state index contributed by atoms with van der Waals surface area (Å²) in [6, 6.07) is 0.782. The van der Waals surface area contributed by atoms with Crippen LogP contribution in [0.15, 0.2) is 0 Å². The lowest BCUT2D eigenvalue weighted by Crippen LogP contribution is -2.31. The molecule has 0 saturated heterocycles. The summed E-state index contributed by atoms with van der Waals surface area (Å²) in [5.41, 5.74) is 0. The van der Waals surface area contributed by atoms with E-state index in [-0.39, 0.29) is 0 Å². The van der Waals surface area contributed by atoms with Crippen molar-refractivity contribution in [2.24, 2.45) is 5.92 Å². The molecule has 0 aliphatic heterocycles. The van der Waals surface area contributed by atoms with Crippen molar-refractivity contribution in [1.82, 2.24) is 5.32 Å². The highest BCUT2D eigenvalue weighted by molar-refractivity contribution is 4.72. The zero-order valence-electron chi connectivity index (χ0n) is 9.31. The molecular formula is C12H25N. The summed E-state index contributed by atoms with van der Waals surface area (Å²) in [7, 11) is 0. The molecule has 13 heavy (non-hydrogen) atoms. The van der Waals surface area contributed by atoms with Crippen molar-refractivity contribution in [2.45, 2.75) is 64.8 Å². The molecule has 0 aromatic rings. The zero-order chi connectivity index (χ0) is 9.52. The molecule has 1 aliphatic carbocycles. The van der Waals surface area contributed by atoms with Crippen molar-refractivity contribution < 1.29 is 0 Å². The maximum atomic E-state index is 3.67. The van der Waals surface area contributed by atoms with Crippen molar-refractivity contribution in [2.75, 3.05) is 6.54 Å². The van der Waals surface area contributed by atoms with Crippen LogP contribution in [0.5, 0.6) is 0 Å². The minimum atomic E-state index is 0.782. The average molecular weight is 183 g/mol. The topological polar surface area (TPSA) is 12.0 Å². The molecule has 0 radical (unpaired) electrons. The molecule has 1 aliphatic rings. The maximum absolute atomic E-state index is 3.67. The van der Waals surface area contributed by atoms with E-state index in [0.717, 1.165) is 12.0 Å². The molecule has 1 N–H and O–H groups in total. The van der Waals surface area contributed by atoms with Gasteiger partial charge in [0.15, 0.2) is 0 Å². The van der Waals surface area contributed by atoms with Crippen molar-refractivity contribution in [1.29, 1.82) is 0 Å². The van der Waals surface area contributed by atoms with Crippen LogP contribution in [0.4, 0.5) is 0 Å². The van der Waals surface area contributed by atoms with Crippen LogP contribution >= 0.6 is 0 Å². The van der Waals surface area contributed by atoms with E-state index < -0.39 is 0 Å². The van der Waals surface area contributed by atoms with Gasteiger partial charge in [0.25, 0.3) is 0 Å². The van der Waals surface area contributed by atoms with E-state index in [4.69, 9.17) is 0 Å². The molecular weight excluding hydrogens is 158 g/mol. The van der Waals surface area contributed by atoms with Crippen LogP contribution in [-0.2, 0) is 0 Å². The first kappa shape index (κ1) is 11.0. The molecule has 0 aromatic carbocycles. The summed E-state index contributed by atoms with van der Waals surface area (Å²) in [6.07, 6.45) is 9.84. The summed E-state index contributed by atoms with van der Waals surface area (Å²) < 4.78 is 0. The standard InChI is InChI=1S/C12H25N/c1-3-6-12(4-2)13-10-9-11-7-5-8-11/h11-13H,3-10H2,1-2H3. The fraction of sp³-hybridized carbons (Fsp3) is 1.00. The van der Waals surface area contributed by atoms with Gasteiger partial charge in [0.1, 0.15) is 0 Å². The summed E-state index contributed by atoms with van der Waals surface area (Å²) in [5.74, 6) is 1.06. The van der Waals surface area contributed by atoms with Gasteiger partial charge in [0.05, 0.1) is 0 Å². The molecule has 1 nitrogen and oxygen atoms in total. The monoisotopic (exact) mass is 183 g/mol. The van der Waals surface area contributed by atoms with Gasteiger partial charge in [-0.25, -0.2) is 0 Å². The third-order valence-corrected chi connectivity index (χ3v) is 3.34. The molecule has 1 fully saturated rings. The minimum absolute atomic E-state index is 0.782. The average Bonchev–Trinajstić information content (AvgIpc) is 2.07. The largest absolute Gasteiger partial charge is 0.314 e. The third kappa shape index (κ3) is 4.12. The van der Waals surface area contributed by atoms with Gasteiger partial charge in [0, 0.05) is 6.04 Å². The van der Waals surface area contributed by atoms with Gasteiger partial charge in [0.2, 0.25) is 0 Å². The van der Waals surface area contributed by atoms with E-state index in [2.05, 4.69) is 19.2 Å². The Morgan fingerprint density at radius 3 is 2.54 bits per heavy atom. The van der Waals surface area contributed by atoms with Crippen LogP contribution < -0.4 is 5.32 Å². The van der Waals surface area contributed by atoms with Gasteiger partial charge < -0.3 is 5.32 Å². The molecule has 0 spiro atoms. The SMILES string of the molecule is CCCC(CC)NCCC1CCC1. The summed E-state index contributed by atoms with van der Waals surface area (Å²) in [5, 5.41) is 3.67. The zero-order valence-corrected chi connectivity index (χ0v) is 9.31. The van der Waals surface area contributed by atoms with E-state index in [1.54, 1.807) is 0 Å². The fourth-order valence-electron chi connectivity index (χ4n) is 2.07. The Balaban J connectivity index is 1.94. The Morgan fingerprint density at radius 2 is 2.08 bits per heavy atom. The smallest absolute Gasteiger partial charge is 0.00643 e. The molecule has 1 saturated carbocycles. The molecule has 1 rings (SSSR count). The lowest BCUT2D eigenvalue weighted by atomic mass is 9.83. The highest BCUT2D eigenvalue weighted by Gasteiger charge is 2.16. The second-order valence-electron chi connectivity index (χ2n) is 4.43. The van der Waals surface area contributed by atoms with Gasteiger partial charge >= 0.3 is 0 Å². The van der Waals surface area contributed by atoms with Gasteiger partial charge in [-0.2, -0.15) is 0 Å². The van der Waals surface area contributed by atoms with Crippen molar-refractivity contribution >= 4 is 0 Å². The molecule has 0 heterocycles. The van der Waals surface area contributed by atoms with Crippen LogP contribution in [0.2, 0.25) is 0 Å². The Hall–Kier alpha value is -0.0400. The van der Waals surface area contributed by atoms with Gasteiger partial charge in [-0.05, 0) is 31.7 Å². The second-order valence-corrected chi connectivity index (χ2v) is 4.43. The molecule has 0 aromatic heterocycles. The first-order valence-electron chi connectivity index (χ1n) is 6.10. The van der Waals surface area contributed by atoms with E-state index in [1.165, 1.54) is 51.5 Å². The van der Waals surface area contributed by atoms with Crippen LogP contribution in [0.3, 0.4) is 0 Å². The van der Waals surface area contributed by atoms with E-state index >= 15 is 0 Å². The molecule has 1 heteroatoms. The molecule has 0 bridgehead atoms. The maximum Gasteiger partial charge on any atom is 0.00643 e. The number of hydrogen-bond donors (Lipinski definition) is 1. The van der Waals surface area contributed by atoms with Crippen molar-refractivity contribution in [3.63, 3.8) is 0 Å². The number of rotatable bonds is 7. The van der Waals surface area contributed by atoms with Crippen LogP contribution in [0.1, 0.15) is 58.8 Å². The molecule has 1 atom stereocenters. The quantitative estimate of drug-likeness (QED) is 0.638. The summed E-state index contributed by atoms with van der Waals surface area (Å²) >= 11 is 0. The fourth-order valence-corrected chi connectivity index (χ4v) is 2.07. The van der Waals surface area contributed by atoms with Crippen LogP contribution in [0, 0.1) is 5.92 Å². The molecule has 0 amide bonds. The van der Waals surface area contributed by atoms with Crippen molar-refractivity contribution in [3.8, 4) is 0 Å². The Morgan fingerprint density at radius 1 is 1.31 bits per heavy atom. The Bertz CT molecular complexity index is 118. The Labute approximate surface area is 83.3 Å². The lowest BCUT2D eigenvalue weighted by molar-refractivity contribution is 0.285. The van der Waals surface area contributed by atoms with Gasteiger partial charge in [-0.15, -0.1) is 0 Å². The van der Waals surface area contributed by atoms with Crippen molar-refractivity contribution in [3.05, 3.63) is 0 Å². The highest BCUT2D eigenvalue weighted by Crippen LogP contribution is 2.28. The second kappa shape index (κ2) is 6.42. The predicted octanol–water partition coefficient (Wildman–Crippen LogP) is 3.34. The van der Waals surface area contributed by atoms with Gasteiger partial charge in [-0.1, -0.05) is 39.5 Å². The first-order valence-corrected chi connectivity index (χ1v) is 6.10. The lowest BCUT2D eigenvalue weighted by Gasteiger charge is -2.26. The van der Waals surface area contributed by atoms with E-state index in [1.807, 2.05) is 0 Å². The van der Waals surface area contributed by atoms with Crippen LogP contribution in [0.25, 0.3) is 0 Å². The normalized spacial score (nSPS) is 19.8. The van der Waals surface area contributed by atoms with Gasteiger partial charge in [-0.3, -0.25) is 0 Å². The van der Waals surface area contributed by atoms with E-state index in [9.17, 15) is 0 Å². The Kier molecular flexibility index (Phi) is 5.45. The van der Waals surface area contributed by atoms with Crippen LogP contribution in [-0.4, -0.2) is 12.6 Å². The number of hydrogen-bond acceptors (Lipinski definition) is 1. The third-order valence-electron chi connectivity index (χ3n) is 3.34. The highest BCUT2D eigenvalue weighted by atomic mass is 14.9. The molecule has 1 unspecified atom stereocenters. The predicted molar refractivity (Wildman–Crippen MR) is 58.9 cm³/mol. The first-order chi connectivity index (χ1) is 6.36. The van der Waals surface area contributed by atoms with E-state index in [0.29, 0.717) is 0 Å². The summed E-state index contributed by atoms with van der Waals surface area (Å²) in [4.78, 5) is 0. The molecule has 78 valence electrons. The summed E-state index contributed by atoms with van der Waals surface area (Å²) in [6.45, 7) is 5.82. The number of nitrogens with one attached hydrogen (secondary N) is 1. The minimum Gasteiger partial charge on any atom is -0.314 e.